The molecule has 1 aliphatic rings. The summed E-state index contributed by atoms with van der Waals surface area (Å²) in [5.74, 6) is 1.70. The standard InChI is InChI=1S/C15H20N4S/c1-3-16-14(8-11-9-19(2)18-17-11)13-10-20-15-7-5-4-6-12(13)15/h4-7,9,13-14,16H,3,8,10H2,1-2H3. The molecule has 2 heterocycles. The molecule has 0 aliphatic carbocycles. The van der Waals surface area contributed by atoms with Gasteiger partial charge in [0, 0.05) is 42.3 Å². The summed E-state index contributed by atoms with van der Waals surface area (Å²) in [6, 6.07) is 9.18. The van der Waals surface area contributed by atoms with E-state index in [0.29, 0.717) is 12.0 Å². The monoisotopic (exact) mass is 288 g/mol. The quantitative estimate of drug-likeness (QED) is 0.916. The lowest BCUT2D eigenvalue weighted by Crippen LogP contribution is -2.37. The first kappa shape index (κ1) is 13.6. The number of likely N-dealkylation sites (N-methyl/N-ethyl adjacent to an activating group) is 1. The maximum atomic E-state index is 4.23. The van der Waals surface area contributed by atoms with Crippen molar-refractivity contribution < 1.29 is 0 Å². The second-order valence-electron chi connectivity index (χ2n) is 5.21. The molecule has 1 aromatic heterocycles. The van der Waals surface area contributed by atoms with E-state index in [1.54, 1.807) is 4.68 Å². The maximum absolute atomic E-state index is 4.23. The van der Waals surface area contributed by atoms with Crippen LogP contribution in [-0.2, 0) is 13.5 Å². The van der Waals surface area contributed by atoms with Gasteiger partial charge in [0.2, 0.25) is 0 Å². The summed E-state index contributed by atoms with van der Waals surface area (Å²) in [5.41, 5.74) is 2.54. The van der Waals surface area contributed by atoms with E-state index in [1.807, 2.05) is 25.0 Å². The first-order chi connectivity index (χ1) is 9.78. The topological polar surface area (TPSA) is 42.7 Å². The van der Waals surface area contributed by atoms with Crippen molar-refractivity contribution >= 4 is 11.8 Å². The molecule has 0 saturated carbocycles. The van der Waals surface area contributed by atoms with Gasteiger partial charge in [-0.05, 0) is 18.2 Å². The van der Waals surface area contributed by atoms with Crippen molar-refractivity contribution in [1.82, 2.24) is 20.3 Å². The van der Waals surface area contributed by atoms with E-state index in [0.717, 1.165) is 24.4 Å². The van der Waals surface area contributed by atoms with E-state index in [9.17, 15) is 0 Å². The van der Waals surface area contributed by atoms with Crippen LogP contribution in [0.2, 0.25) is 0 Å². The van der Waals surface area contributed by atoms with Crippen LogP contribution in [0.3, 0.4) is 0 Å². The fraction of sp³-hybridized carbons (Fsp3) is 0.467. The summed E-state index contributed by atoms with van der Waals surface area (Å²) in [5, 5.41) is 11.9. The Hall–Kier alpha value is -1.33. The van der Waals surface area contributed by atoms with E-state index >= 15 is 0 Å². The van der Waals surface area contributed by atoms with Crippen LogP contribution in [0.5, 0.6) is 0 Å². The van der Waals surface area contributed by atoms with Crippen LogP contribution >= 0.6 is 11.8 Å². The Kier molecular flexibility index (Phi) is 4.08. The highest BCUT2D eigenvalue weighted by Crippen LogP contribution is 2.41. The van der Waals surface area contributed by atoms with Crippen molar-refractivity contribution in [3.05, 3.63) is 41.7 Å². The molecule has 4 nitrogen and oxygen atoms in total. The van der Waals surface area contributed by atoms with Gasteiger partial charge in [-0.1, -0.05) is 30.3 Å². The SMILES string of the molecule is CCNC(Cc1cn(C)nn1)C1CSc2ccccc21. The van der Waals surface area contributed by atoms with Crippen LogP contribution in [0.1, 0.15) is 24.1 Å². The molecule has 2 atom stereocenters. The number of hydrogen-bond acceptors (Lipinski definition) is 4. The second-order valence-corrected chi connectivity index (χ2v) is 6.27. The molecule has 3 rings (SSSR count). The Morgan fingerprint density at radius 2 is 2.30 bits per heavy atom. The predicted molar refractivity (Wildman–Crippen MR) is 82.1 cm³/mol. The summed E-state index contributed by atoms with van der Waals surface area (Å²) in [4.78, 5) is 1.43. The van der Waals surface area contributed by atoms with Gasteiger partial charge in [0.1, 0.15) is 0 Å². The number of thioether (sulfide) groups is 1. The minimum atomic E-state index is 0.424. The molecule has 0 saturated heterocycles. The van der Waals surface area contributed by atoms with E-state index < -0.39 is 0 Å². The highest BCUT2D eigenvalue weighted by atomic mass is 32.2. The zero-order chi connectivity index (χ0) is 13.9. The van der Waals surface area contributed by atoms with Gasteiger partial charge in [0.15, 0.2) is 0 Å². The minimum absolute atomic E-state index is 0.424. The Morgan fingerprint density at radius 3 is 3.05 bits per heavy atom. The van der Waals surface area contributed by atoms with E-state index in [2.05, 4.69) is 46.8 Å². The van der Waals surface area contributed by atoms with Gasteiger partial charge in [-0.25, -0.2) is 0 Å². The zero-order valence-electron chi connectivity index (χ0n) is 11.9. The number of nitrogens with one attached hydrogen (secondary N) is 1. The smallest absolute Gasteiger partial charge is 0.0842 e. The molecule has 1 aliphatic heterocycles. The third kappa shape index (κ3) is 2.74. The molecule has 2 aromatic rings. The lowest BCUT2D eigenvalue weighted by atomic mass is 9.90. The van der Waals surface area contributed by atoms with Gasteiger partial charge in [0.05, 0.1) is 5.69 Å². The minimum Gasteiger partial charge on any atom is -0.313 e. The molecule has 1 N–H and O–H groups in total. The summed E-state index contributed by atoms with van der Waals surface area (Å²) in [7, 11) is 1.92. The largest absolute Gasteiger partial charge is 0.313 e. The van der Waals surface area contributed by atoms with E-state index in [1.165, 1.54) is 10.5 Å². The molecule has 0 fully saturated rings. The highest BCUT2D eigenvalue weighted by Gasteiger charge is 2.30. The first-order valence-electron chi connectivity index (χ1n) is 7.08. The molecule has 5 heteroatoms. The Morgan fingerprint density at radius 1 is 1.45 bits per heavy atom. The van der Waals surface area contributed by atoms with Crippen molar-refractivity contribution in [2.45, 2.75) is 30.2 Å². The van der Waals surface area contributed by atoms with Crippen LogP contribution in [-0.4, -0.2) is 33.3 Å². The van der Waals surface area contributed by atoms with Crippen molar-refractivity contribution in [1.29, 1.82) is 0 Å². The summed E-state index contributed by atoms with van der Waals surface area (Å²) in [6.07, 6.45) is 2.94. The average molecular weight is 288 g/mol. The Bertz CT molecular complexity index is 581. The maximum Gasteiger partial charge on any atom is 0.0842 e. The molecular formula is C15H20N4S. The fourth-order valence-corrected chi connectivity index (χ4v) is 4.19. The van der Waals surface area contributed by atoms with Gasteiger partial charge in [-0.3, -0.25) is 4.68 Å². The molecule has 1 aromatic carbocycles. The third-order valence-electron chi connectivity index (χ3n) is 3.77. The van der Waals surface area contributed by atoms with Crippen LogP contribution in [0.25, 0.3) is 0 Å². The number of fused-ring (bicyclic) bond motifs is 1. The summed E-state index contributed by atoms with van der Waals surface area (Å²) >= 11 is 1.96. The zero-order valence-corrected chi connectivity index (χ0v) is 12.7. The Balaban J connectivity index is 1.81. The lowest BCUT2D eigenvalue weighted by Gasteiger charge is -2.24. The van der Waals surface area contributed by atoms with E-state index in [-0.39, 0.29) is 0 Å². The average Bonchev–Trinajstić information content (AvgIpc) is 3.04. The number of aryl methyl sites for hydroxylation is 1. The molecule has 0 radical (unpaired) electrons. The van der Waals surface area contributed by atoms with Crippen LogP contribution < -0.4 is 5.32 Å². The van der Waals surface area contributed by atoms with E-state index in [4.69, 9.17) is 0 Å². The number of rotatable bonds is 5. The van der Waals surface area contributed by atoms with Crippen molar-refractivity contribution in [2.75, 3.05) is 12.3 Å². The van der Waals surface area contributed by atoms with Crippen molar-refractivity contribution in [2.24, 2.45) is 7.05 Å². The van der Waals surface area contributed by atoms with Crippen molar-refractivity contribution in [3.63, 3.8) is 0 Å². The van der Waals surface area contributed by atoms with Gasteiger partial charge < -0.3 is 5.32 Å². The number of aromatic nitrogens is 3. The van der Waals surface area contributed by atoms with Gasteiger partial charge in [0.25, 0.3) is 0 Å². The molecular weight excluding hydrogens is 268 g/mol. The Labute approximate surface area is 124 Å². The van der Waals surface area contributed by atoms with Crippen LogP contribution in [0.15, 0.2) is 35.4 Å². The molecule has 0 amide bonds. The normalized spacial score (nSPS) is 19.0. The molecule has 2 unspecified atom stereocenters. The number of nitrogens with zero attached hydrogens (tertiary/aromatic N) is 3. The second kappa shape index (κ2) is 5.97. The van der Waals surface area contributed by atoms with Crippen LogP contribution in [0.4, 0.5) is 0 Å². The predicted octanol–water partition coefficient (Wildman–Crippen LogP) is 2.23. The molecule has 0 spiro atoms. The van der Waals surface area contributed by atoms with Crippen LogP contribution in [0, 0.1) is 0 Å². The van der Waals surface area contributed by atoms with Gasteiger partial charge in [-0.15, -0.1) is 16.9 Å². The summed E-state index contributed by atoms with van der Waals surface area (Å²) < 4.78 is 1.77. The summed E-state index contributed by atoms with van der Waals surface area (Å²) in [6.45, 7) is 3.14. The van der Waals surface area contributed by atoms with Gasteiger partial charge >= 0.3 is 0 Å². The molecule has 20 heavy (non-hydrogen) atoms. The number of hydrogen-bond donors (Lipinski definition) is 1. The molecule has 0 bridgehead atoms. The van der Waals surface area contributed by atoms with Crippen molar-refractivity contribution in [3.8, 4) is 0 Å². The third-order valence-corrected chi connectivity index (χ3v) is 4.98. The highest BCUT2D eigenvalue weighted by molar-refractivity contribution is 7.99. The fourth-order valence-electron chi connectivity index (χ4n) is 2.85. The number of benzene rings is 1. The first-order valence-corrected chi connectivity index (χ1v) is 8.06. The lowest BCUT2D eigenvalue weighted by molar-refractivity contribution is 0.459. The molecule has 106 valence electrons. The van der Waals surface area contributed by atoms with Gasteiger partial charge in [-0.2, -0.15) is 0 Å².